The van der Waals surface area contributed by atoms with E-state index in [9.17, 15) is 4.79 Å². The molecule has 0 atom stereocenters. The van der Waals surface area contributed by atoms with E-state index in [1.807, 2.05) is 13.8 Å². The maximum absolute atomic E-state index is 11.0. The lowest BCUT2D eigenvalue weighted by Crippen LogP contribution is -3.08. The van der Waals surface area contributed by atoms with E-state index >= 15 is 0 Å². The standard InChI is InChI=1S/C9H18N2O/c1-6-8(12)10-9(2,3)7-11(4)5/h6H,1,7H2,2-5H3,(H,10,12)/p+1. The summed E-state index contributed by atoms with van der Waals surface area (Å²) in [6, 6.07) is 0. The molecule has 0 rings (SSSR count). The highest BCUT2D eigenvalue weighted by atomic mass is 16.1. The molecular weight excluding hydrogens is 152 g/mol. The summed E-state index contributed by atoms with van der Waals surface area (Å²) in [5.74, 6) is -0.110. The predicted molar refractivity (Wildman–Crippen MR) is 50.1 cm³/mol. The summed E-state index contributed by atoms with van der Waals surface area (Å²) in [6.07, 6.45) is 1.30. The van der Waals surface area contributed by atoms with Crippen LogP contribution < -0.4 is 10.2 Å². The lowest BCUT2D eigenvalue weighted by Gasteiger charge is -2.26. The van der Waals surface area contributed by atoms with Crippen LogP contribution in [0.2, 0.25) is 0 Å². The summed E-state index contributed by atoms with van der Waals surface area (Å²) < 4.78 is 0. The Morgan fingerprint density at radius 3 is 2.42 bits per heavy atom. The summed E-state index contributed by atoms with van der Waals surface area (Å²) in [4.78, 5) is 12.3. The number of nitrogens with one attached hydrogen (secondary N) is 2. The van der Waals surface area contributed by atoms with Gasteiger partial charge in [-0.2, -0.15) is 0 Å². The van der Waals surface area contributed by atoms with E-state index in [0.717, 1.165) is 6.54 Å². The van der Waals surface area contributed by atoms with Crippen LogP contribution >= 0.6 is 0 Å². The molecule has 0 spiro atoms. The van der Waals surface area contributed by atoms with Crippen LogP contribution in [-0.2, 0) is 4.79 Å². The highest BCUT2D eigenvalue weighted by Gasteiger charge is 2.22. The van der Waals surface area contributed by atoms with Gasteiger partial charge in [-0.1, -0.05) is 6.58 Å². The zero-order valence-electron chi connectivity index (χ0n) is 8.40. The minimum Gasteiger partial charge on any atom is -0.342 e. The topological polar surface area (TPSA) is 33.5 Å². The molecular formula is C9H19N2O+. The van der Waals surface area contributed by atoms with E-state index in [1.54, 1.807) is 0 Å². The fourth-order valence-electron chi connectivity index (χ4n) is 1.31. The van der Waals surface area contributed by atoms with Crippen molar-refractivity contribution in [2.75, 3.05) is 20.6 Å². The molecule has 0 radical (unpaired) electrons. The molecule has 0 aromatic heterocycles. The van der Waals surface area contributed by atoms with Gasteiger partial charge in [0.2, 0.25) is 5.91 Å². The number of amides is 1. The molecule has 1 amide bonds. The molecule has 0 saturated carbocycles. The van der Waals surface area contributed by atoms with Crippen molar-refractivity contribution in [1.82, 2.24) is 5.32 Å². The van der Waals surface area contributed by atoms with Gasteiger partial charge in [0, 0.05) is 0 Å². The Labute approximate surface area is 74.4 Å². The molecule has 0 aliphatic rings. The number of rotatable bonds is 4. The van der Waals surface area contributed by atoms with Gasteiger partial charge in [0.05, 0.1) is 26.2 Å². The number of quaternary nitrogens is 1. The van der Waals surface area contributed by atoms with Crippen LogP contribution in [0.1, 0.15) is 13.8 Å². The Balaban J connectivity index is 4.02. The van der Waals surface area contributed by atoms with Gasteiger partial charge in [-0.25, -0.2) is 0 Å². The molecule has 70 valence electrons. The summed E-state index contributed by atoms with van der Waals surface area (Å²) in [5, 5.41) is 2.86. The summed E-state index contributed by atoms with van der Waals surface area (Å²) in [6.45, 7) is 8.30. The van der Waals surface area contributed by atoms with Crippen molar-refractivity contribution < 1.29 is 9.69 Å². The zero-order valence-corrected chi connectivity index (χ0v) is 8.40. The van der Waals surface area contributed by atoms with Gasteiger partial charge in [-0.05, 0) is 19.9 Å². The summed E-state index contributed by atoms with van der Waals surface area (Å²) >= 11 is 0. The molecule has 3 heteroatoms. The smallest absolute Gasteiger partial charge is 0.243 e. The maximum Gasteiger partial charge on any atom is 0.243 e. The second kappa shape index (κ2) is 4.26. The van der Waals surface area contributed by atoms with Gasteiger partial charge in [0.25, 0.3) is 0 Å². The van der Waals surface area contributed by atoms with Crippen molar-refractivity contribution in [3.8, 4) is 0 Å². The summed E-state index contributed by atoms with van der Waals surface area (Å²) in [7, 11) is 4.11. The Hall–Kier alpha value is -0.830. The summed E-state index contributed by atoms with van der Waals surface area (Å²) in [5.41, 5.74) is -0.163. The zero-order chi connectivity index (χ0) is 9.78. The van der Waals surface area contributed by atoms with E-state index in [0.29, 0.717) is 0 Å². The van der Waals surface area contributed by atoms with Crippen LogP contribution in [0.3, 0.4) is 0 Å². The van der Waals surface area contributed by atoms with Crippen LogP contribution in [0.25, 0.3) is 0 Å². The van der Waals surface area contributed by atoms with Crippen LogP contribution in [0.5, 0.6) is 0 Å². The Morgan fingerprint density at radius 1 is 1.58 bits per heavy atom. The van der Waals surface area contributed by atoms with Gasteiger partial charge in [0.1, 0.15) is 0 Å². The highest BCUT2D eigenvalue weighted by Crippen LogP contribution is 1.97. The lowest BCUT2D eigenvalue weighted by atomic mass is 10.1. The molecule has 0 aromatic rings. The monoisotopic (exact) mass is 171 g/mol. The van der Waals surface area contributed by atoms with Gasteiger partial charge in [0.15, 0.2) is 0 Å². The van der Waals surface area contributed by atoms with Gasteiger partial charge >= 0.3 is 0 Å². The molecule has 0 aliphatic carbocycles. The maximum atomic E-state index is 11.0. The minimum absolute atomic E-state index is 0.110. The van der Waals surface area contributed by atoms with Gasteiger partial charge in [-0.3, -0.25) is 4.79 Å². The first-order valence-corrected chi connectivity index (χ1v) is 4.11. The first kappa shape index (κ1) is 11.2. The average molecular weight is 171 g/mol. The molecule has 0 saturated heterocycles. The predicted octanol–water partition coefficient (Wildman–Crippen LogP) is -0.788. The van der Waals surface area contributed by atoms with Crippen LogP contribution in [0.15, 0.2) is 12.7 Å². The second-order valence-electron chi connectivity index (χ2n) is 3.96. The van der Waals surface area contributed by atoms with Crippen molar-refractivity contribution in [2.24, 2.45) is 0 Å². The van der Waals surface area contributed by atoms with E-state index < -0.39 is 0 Å². The fourth-order valence-corrected chi connectivity index (χ4v) is 1.31. The van der Waals surface area contributed by atoms with Gasteiger partial charge < -0.3 is 10.2 Å². The third-order valence-corrected chi connectivity index (χ3v) is 1.44. The first-order valence-electron chi connectivity index (χ1n) is 4.11. The Kier molecular flexibility index (Phi) is 3.96. The average Bonchev–Trinajstić information content (AvgIpc) is 1.83. The number of likely N-dealkylation sites (N-methyl/N-ethyl adjacent to an activating group) is 1. The number of hydrogen-bond acceptors (Lipinski definition) is 1. The highest BCUT2D eigenvalue weighted by molar-refractivity contribution is 5.87. The second-order valence-corrected chi connectivity index (χ2v) is 3.96. The van der Waals surface area contributed by atoms with E-state index in [1.165, 1.54) is 11.0 Å². The molecule has 0 bridgehead atoms. The van der Waals surface area contributed by atoms with Crippen molar-refractivity contribution in [3.05, 3.63) is 12.7 Å². The number of carbonyl (C=O) groups excluding carboxylic acids is 1. The van der Waals surface area contributed by atoms with E-state index in [4.69, 9.17) is 0 Å². The first-order chi connectivity index (χ1) is 5.37. The van der Waals surface area contributed by atoms with Crippen molar-refractivity contribution in [1.29, 1.82) is 0 Å². The van der Waals surface area contributed by atoms with Crippen LogP contribution in [-0.4, -0.2) is 32.1 Å². The normalized spacial score (nSPS) is 11.4. The number of carbonyl (C=O) groups is 1. The molecule has 0 unspecified atom stereocenters. The van der Waals surface area contributed by atoms with Crippen molar-refractivity contribution in [3.63, 3.8) is 0 Å². The third-order valence-electron chi connectivity index (χ3n) is 1.44. The Bertz CT molecular complexity index is 173. The largest absolute Gasteiger partial charge is 0.342 e. The Morgan fingerprint density at radius 2 is 2.08 bits per heavy atom. The molecule has 12 heavy (non-hydrogen) atoms. The van der Waals surface area contributed by atoms with Crippen molar-refractivity contribution in [2.45, 2.75) is 19.4 Å². The third kappa shape index (κ3) is 4.91. The molecule has 3 nitrogen and oxygen atoms in total. The SMILES string of the molecule is C=CC(=O)NC(C)(C)C[NH+](C)C. The van der Waals surface area contributed by atoms with E-state index in [2.05, 4.69) is 26.0 Å². The molecule has 0 heterocycles. The lowest BCUT2D eigenvalue weighted by molar-refractivity contribution is -0.862. The number of hydrogen-bond donors (Lipinski definition) is 2. The quantitative estimate of drug-likeness (QED) is 0.534. The van der Waals surface area contributed by atoms with Gasteiger partial charge in [-0.15, -0.1) is 0 Å². The van der Waals surface area contributed by atoms with Crippen molar-refractivity contribution >= 4 is 5.91 Å². The fraction of sp³-hybridized carbons (Fsp3) is 0.667. The van der Waals surface area contributed by atoms with E-state index in [-0.39, 0.29) is 11.4 Å². The van der Waals surface area contributed by atoms with Crippen LogP contribution in [0, 0.1) is 0 Å². The molecule has 0 fully saturated rings. The molecule has 2 N–H and O–H groups in total. The van der Waals surface area contributed by atoms with Crippen LogP contribution in [0.4, 0.5) is 0 Å². The molecule has 0 aliphatic heterocycles. The minimum atomic E-state index is -0.163. The molecule has 0 aromatic carbocycles.